The van der Waals surface area contributed by atoms with Gasteiger partial charge >= 0.3 is 5.97 Å². The van der Waals surface area contributed by atoms with Crippen molar-refractivity contribution in [3.05, 3.63) is 49.6 Å². The summed E-state index contributed by atoms with van der Waals surface area (Å²) in [5.74, 6) is -2.78. The molecule has 1 spiro atoms. The number of nitrogens with zero attached hydrogens (tertiary/aromatic N) is 5. The first-order valence-corrected chi connectivity index (χ1v) is 13.4. The van der Waals surface area contributed by atoms with Crippen LogP contribution >= 0.6 is 0 Å². The summed E-state index contributed by atoms with van der Waals surface area (Å²) < 4.78 is 13.7. The van der Waals surface area contributed by atoms with Crippen LogP contribution in [0.4, 0.5) is 0 Å². The van der Waals surface area contributed by atoms with Crippen molar-refractivity contribution < 1.29 is 29.0 Å². The molecule has 2 bridgehead atoms. The van der Waals surface area contributed by atoms with E-state index in [9.17, 15) is 19.5 Å². The van der Waals surface area contributed by atoms with E-state index in [0.29, 0.717) is 31.2 Å². The molecule has 3 saturated heterocycles. The summed E-state index contributed by atoms with van der Waals surface area (Å²) >= 11 is 0. The second kappa shape index (κ2) is 10.5. The fraction of sp³-hybridized carbons (Fsp3) is 0.536. The number of likely N-dealkylation sites (tertiary alicyclic amines) is 1. The number of unbranched alkanes of at least 4 members (excludes halogenated alkanes) is 1. The Morgan fingerprint density at radius 3 is 2.79 bits per heavy atom. The van der Waals surface area contributed by atoms with E-state index in [0.717, 1.165) is 5.52 Å². The van der Waals surface area contributed by atoms with Crippen LogP contribution < -0.4 is 0 Å². The van der Waals surface area contributed by atoms with Crippen molar-refractivity contribution in [2.24, 2.45) is 11.8 Å². The highest BCUT2D eigenvalue weighted by molar-refractivity contribution is 5.98. The van der Waals surface area contributed by atoms with Crippen LogP contribution in [0.2, 0.25) is 0 Å². The summed E-state index contributed by atoms with van der Waals surface area (Å²) in [6, 6.07) is 6.52. The molecule has 1 aromatic carbocycles. The Bertz CT molecular complexity index is 1290. The molecular formula is C28H35N5O6. The first kappa shape index (κ1) is 27.0. The van der Waals surface area contributed by atoms with Gasteiger partial charge in [-0.2, -0.15) is 0 Å². The van der Waals surface area contributed by atoms with Crippen LogP contribution in [0.15, 0.2) is 49.6 Å². The van der Waals surface area contributed by atoms with E-state index in [1.165, 1.54) is 6.08 Å². The smallest absolute Gasteiger partial charge is 0.313 e. The van der Waals surface area contributed by atoms with Gasteiger partial charge in [0.15, 0.2) is 0 Å². The predicted octanol–water partition coefficient (Wildman–Crippen LogP) is 1.67. The topological polar surface area (TPSA) is 127 Å². The predicted molar refractivity (Wildman–Crippen MR) is 141 cm³/mol. The Morgan fingerprint density at radius 1 is 1.26 bits per heavy atom. The van der Waals surface area contributed by atoms with Crippen molar-refractivity contribution >= 4 is 28.8 Å². The average molecular weight is 538 g/mol. The van der Waals surface area contributed by atoms with E-state index < -0.39 is 35.0 Å². The lowest BCUT2D eigenvalue weighted by Gasteiger charge is -2.36. The van der Waals surface area contributed by atoms with Gasteiger partial charge in [-0.3, -0.25) is 14.4 Å². The SMILES string of the molecule is C=CCOC(=O)[C@@H]1[C@H]2C(=O)N(CCCCO)C(C(=O)N(CC=C)Cn3nnc4ccccc43)C23CC[C@@]1(C)O3. The Kier molecular flexibility index (Phi) is 7.30. The number of fused-ring (bicyclic) bond motifs is 2. The average Bonchev–Trinajstić information content (AvgIpc) is 3.63. The van der Waals surface area contributed by atoms with Gasteiger partial charge < -0.3 is 24.4 Å². The molecule has 4 heterocycles. The minimum atomic E-state index is -1.16. The van der Waals surface area contributed by atoms with Gasteiger partial charge in [0.2, 0.25) is 11.8 Å². The van der Waals surface area contributed by atoms with Crippen molar-refractivity contribution in [2.45, 2.75) is 56.5 Å². The molecule has 11 heteroatoms. The van der Waals surface area contributed by atoms with Gasteiger partial charge in [-0.1, -0.05) is 36.1 Å². The van der Waals surface area contributed by atoms with Gasteiger partial charge in [0.25, 0.3) is 0 Å². The maximum absolute atomic E-state index is 14.4. The van der Waals surface area contributed by atoms with E-state index in [-0.39, 0.29) is 44.8 Å². The highest BCUT2D eigenvalue weighted by Crippen LogP contribution is 2.63. The van der Waals surface area contributed by atoms with Gasteiger partial charge in [0.05, 0.1) is 17.0 Å². The van der Waals surface area contributed by atoms with Crippen molar-refractivity contribution in [1.29, 1.82) is 0 Å². The number of carbonyl (C=O) groups excluding carboxylic acids is 3. The molecule has 5 atom stereocenters. The summed E-state index contributed by atoms with van der Waals surface area (Å²) in [5, 5.41) is 17.8. The van der Waals surface area contributed by atoms with E-state index in [1.807, 2.05) is 31.2 Å². The van der Waals surface area contributed by atoms with Gasteiger partial charge in [-0.05, 0) is 44.7 Å². The number of aliphatic hydroxyl groups is 1. The lowest BCUT2D eigenvalue weighted by Crippen LogP contribution is -2.56. The monoisotopic (exact) mass is 537 g/mol. The number of hydrogen-bond donors (Lipinski definition) is 1. The molecule has 0 radical (unpaired) electrons. The van der Waals surface area contributed by atoms with E-state index >= 15 is 0 Å². The fourth-order valence-corrected chi connectivity index (χ4v) is 6.66. The molecule has 2 aromatic rings. The quantitative estimate of drug-likeness (QED) is 0.246. The molecule has 0 aliphatic carbocycles. The number of hydrogen-bond acceptors (Lipinski definition) is 8. The van der Waals surface area contributed by atoms with Crippen LogP contribution in [0, 0.1) is 11.8 Å². The molecule has 2 amide bonds. The van der Waals surface area contributed by atoms with Gasteiger partial charge in [0, 0.05) is 19.7 Å². The Hall–Kier alpha value is -3.57. The van der Waals surface area contributed by atoms with Gasteiger partial charge in [0.1, 0.15) is 36.4 Å². The van der Waals surface area contributed by atoms with Crippen LogP contribution in [0.1, 0.15) is 32.6 Å². The lowest BCUT2D eigenvalue weighted by molar-refractivity contribution is -0.159. The maximum Gasteiger partial charge on any atom is 0.313 e. The third kappa shape index (κ3) is 4.33. The highest BCUT2D eigenvalue weighted by Gasteiger charge is 2.78. The number of esters is 1. The van der Waals surface area contributed by atoms with Crippen LogP contribution in [0.3, 0.4) is 0 Å². The zero-order chi connectivity index (χ0) is 27.8. The number of carbonyl (C=O) groups is 3. The van der Waals surface area contributed by atoms with E-state index in [4.69, 9.17) is 9.47 Å². The number of amides is 2. The standard InChI is InChI=1S/C28H35N5O6/c1-4-14-31(18-33-20-11-7-6-10-19(20)29-30-33)25(36)23-28-13-12-27(3,39-28)22(26(37)38-17-5-2)21(28)24(35)32(23)15-8-9-16-34/h4-7,10-11,21-23,34H,1-2,8-9,12-18H2,3H3/t21-,22-,23?,27+,28?/m0/s1. The Morgan fingerprint density at radius 2 is 2.05 bits per heavy atom. The normalized spacial score (nSPS) is 29.0. The number of benzene rings is 1. The van der Waals surface area contributed by atoms with Gasteiger partial charge in [-0.25, -0.2) is 4.68 Å². The molecule has 208 valence electrons. The Labute approximate surface area is 227 Å². The molecule has 0 saturated carbocycles. The lowest BCUT2D eigenvalue weighted by atomic mass is 9.66. The van der Waals surface area contributed by atoms with E-state index in [1.54, 1.807) is 20.6 Å². The minimum Gasteiger partial charge on any atom is -0.461 e. The molecule has 5 rings (SSSR count). The van der Waals surface area contributed by atoms with Crippen LogP contribution in [-0.2, 0) is 30.5 Å². The summed E-state index contributed by atoms with van der Waals surface area (Å²) in [7, 11) is 0. The molecule has 1 aromatic heterocycles. The molecule has 11 nitrogen and oxygen atoms in total. The molecule has 3 aliphatic rings. The van der Waals surface area contributed by atoms with Crippen molar-refractivity contribution in [3.8, 4) is 0 Å². The summed E-state index contributed by atoms with van der Waals surface area (Å²) in [6.07, 6.45) is 5.08. The fourth-order valence-electron chi connectivity index (χ4n) is 6.66. The molecular weight excluding hydrogens is 502 g/mol. The van der Waals surface area contributed by atoms with Crippen molar-refractivity contribution in [2.75, 3.05) is 26.3 Å². The van der Waals surface area contributed by atoms with Crippen LogP contribution in [0.25, 0.3) is 11.0 Å². The minimum absolute atomic E-state index is 0.0255. The van der Waals surface area contributed by atoms with E-state index in [2.05, 4.69) is 23.5 Å². The third-order valence-corrected chi connectivity index (χ3v) is 8.30. The largest absolute Gasteiger partial charge is 0.461 e. The summed E-state index contributed by atoms with van der Waals surface area (Å²) in [6.45, 7) is 9.85. The van der Waals surface area contributed by atoms with Crippen LogP contribution in [0.5, 0.6) is 0 Å². The molecule has 3 fully saturated rings. The zero-order valence-corrected chi connectivity index (χ0v) is 22.2. The molecule has 39 heavy (non-hydrogen) atoms. The summed E-state index contributed by atoms with van der Waals surface area (Å²) in [4.78, 5) is 44.8. The number of ether oxygens (including phenoxy) is 2. The van der Waals surface area contributed by atoms with Crippen LogP contribution in [-0.4, -0.2) is 91.2 Å². The third-order valence-electron chi connectivity index (χ3n) is 8.30. The number of aliphatic hydroxyl groups excluding tert-OH is 1. The number of aromatic nitrogens is 3. The second-order valence-electron chi connectivity index (χ2n) is 10.7. The molecule has 2 unspecified atom stereocenters. The maximum atomic E-state index is 14.4. The van der Waals surface area contributed by atoms with Gasteiger partial charge in [-0.15, -0.1) is 11.7 Å². The molecule has 3 aliphatic heterocycles. The first-order valence-electron chi connectivity index (χ1n) is 13.4. The highest BCUT2D eigenvalue weighted by atomic mass is 16.6. The molecule has 1 N–H and O–H groups in total. The number of para-hydroxylation sites is 1. The zero-order valence-electron chi connectivity index (χ0n) is 22.2. The summed E-state index contributed by atoms with van der Waals surface area (Å²) in [5.41, 5.74) is -0.604. The Balaban J connectivity index is 1.52. The van der Waals surface area contributed by atoms with Crippen molar-refractivity contribution in [3.63, 3.8) is 0 Å². The second-order valence-corrected chi connectivity index (χ2v) is 10.7. The first-order chi connectivity index (χ1) is 18.8. The van der Waals surface area contributed by atoms with Crippen molar-refractivity contribution in [1.82, 2.24) is 24.8 Å². The number of rotatable bonds is 12.